The van der Waals surface area contributed by atoms with Crippen LogP contribution in [0.1, 0.15) is 18.4 Å². The molecule has 2 fully saturated rings. The summed E-state index contributed by atoms with van der Waals surface area (Å²) in [5, 5.41) is 10.8. The van der Waals surface area contributed by atoms with E-state index in [-0.39, 0.29) is 18.5 Å². The lowest BCUT2D eigenvalue weighted by Gasteiger charge is -2.50. The maximum Gasteiger partial charge on any atom is 0.129 e. The summed E-state index contributed by atoms with van der Waals surface area (Å²) in [6.45, 7) is 1.20. The summed E-state index contributed by atoms with van der Waals surface area (Å²) in [4.78, 5) is 2.24. The average molecular weight is 283 g/mol. The monoisotopic (exact) mass is 283 g/mol. The van der Waals surface area contributed by atoms with Gasteiger partial charge in [-0.05, 0) is 31.5 Å². The lowest BCUT2D eigenvalue weighted by molar-refractivity contribution is -0.133. The predicted octanol–water partition coefficient (Wildman–Crippen LogP) is 1.73. The van der Waals surface area contributed by atoms with Gasteiger partial charge < -0.3 is 9.84 Å². The second-order valence-corrected chi connectivity index (χ2v) is 6.06. The molecule has 20 heavy (non-hydrogen) atoms. The van der Waals surface area contributed by atoms with Crippen molar-refractivity contribution in [2.75, 3.05) is 20.3 Å². The van der Waals surface area contributed by atoms with Crippen molar-refractivity contribution in [2.45, 2.75) is 36.9 Å². The number of hydrogen-bond donors (Lipinski definition) is 1. The molecule has 2 aliphatic rings. The van der Waals surface area contributed by atoms with E-state index in [4.69, 9.17) is 4.74 Å². The number of nitrogens with zero attached hydrogens (tertiary/aromatic N) is 1. The Morgan fingerprint density at radius 3 is 2.55 bits per heavy atom. The predicted molar refractivity (Wildman–Crippen MR) is 70.4 cm³/mol. The molecule has 1 N–H and O–H groups in total. The molecule has 3 rings (SSSR count). The van der Waals surface area contributed by atoms with E-state index in [1.165, 1.54) is 12.1 Å². The molecule has 5 heteroatoms. The van der Waals surface area contributed by atoms with Crippen LogP contribution < -0.4 is 0 Å². The van der Waals surface area contributed by atoms with E-state index in [0.717, 1.165) is 6.07 Å². The van der Waals surface area contributed by atoms with Gasteiger partial charge in [0.1, 0.15) is 11.6 Å². The number of ether oxygens (including phenoxy) is 1. The van der Waals surface area contributed by atoms with Crippen LogP contribution >= 0.6 is 0 Å². The van der Waals surface area contributed by atoms with E-state index >= 15 is 0 Å². The molecule has 2 aliphatic heterocycles. The fraction of sp³-hybridized carbons (Fsp3) is 0.600. The highest BCUT2D eigenvalue weighted by Gasteiger charge is 2.44. The zero-order valence-corrected chi connectivity index (χ0v) is 11.5. The molecule has 0 saturated carbocycles. The molecule has 0 amide bonds. The third-order valence-electron chi connectivity index (χ3n) is 4.54. The largest absolute Gasteiger partial charge is 0.389 e. The van der Waals surface area contributed by atoms with Crippen molar-refractivity contribution < 1.29 is 18.6 Å². The van der Waals surface area contributed by atoms with Crippen molar-refractivity contribution in [2.24, 2.45) is 0 Å². The molecule has 2 bridgehead atoms. The van der Waals surface area contributed by atoms with E-state index in [2.05, 4.69) is 4.90 Å². The molecule has 0 radical (unpaired) electrons. The Morgan fingerprint density at radius 1 is 1.30 bits per heavy atom. The Labute approximate surface area is 117 Å². The molecule has 110 valence electrons. The minimum absolute atomic E-state index is 0.163. The molecule has 2 unspecified atom stereocenters. The molecule has 2 atom stereocenters. The molecule has 0 aromatic heterocycles. The number of hydrogen-bond acceptors (Lipinski definition) is 3. The minimum Gasteiger partial charge on any atom is -0.389 e. The van der Waals surface area contributed by atoms with E-state index < -0.39 is 17.2 Å². The Balaban J connectivity index is 1.79. The van der Waals surface area contributed by atoms with Gasteiger partial charge in [-0.25, -0.2) is 8.78 Å². The second-order valence-electron chi connectivity index (χ2n) is 6.06. The highest BCUT2D eigenvalue weighted by Crippen LogP contribution is 2.36. The van der Waals surface area contributed by atoms with Crippen LogP contribution in [-0.2, 0) is 11.2 Å². The first-order valence-electron chi connectivity index (χ1n) is 6.93. The van der Waals surface area contributed by atoms with Crippen molar-refractivity contribution in [1.82, 2.24) is 4.90 Å². The zero-order valence-electron chi connectivity index (χ0n) is 11.5. The van der Waals surface area contributed by atoms with E-state index in [1.54, 1.807) is 0 Å². The van der Waals surface area contributed by atoms with Gasteiger partial charge in [-0.3, -0.25) is 4.90 Å². The summed E-state index contributed by atoms with van der Waals surface area (Å²) in [5.41, 5.74) is -0.568. The highest BCUT2D eigenvalue weighted by molar-refractivity contribution is 5.21. The first-order chi connectivity index (χ1) is 9.47. The number of aliphatic hydroxyl groups is 1. The lowest BCUT2D eigenvalue weighted by atomic mass is 9.78. The molecule has 3 nitrogen and oxygen atoms in total. The van der Waals surface area contributed by atoms with Gasteiger partial charge in [0.25, 0.3) is 0 Å². The molecular weight excluding hydrogens is 264 g/mol. The molecular formula is C15H19F2NO2. The van der Waals surface area contributed by atoms with Gasteiger partial charge in [-0.2, -0.15) is 0 Å². The van der Waals surface area contributed by atoms with Crippen LogP contribution in [0.2, 0.25) is 0 Å². The van der Waals surface area contributed by atoms with Crippen molar-refractivity contribution in [3.05, 3.63) is 35.4 Å². The summed E-state index contributed by atoms with van der Waals surface area (Å²) in [5.74, 6) is -1.18. The SMILES string of the molecule is CN1C2COCC1CC(O)(Cc1ccc(F)cc1F)C2. The molecule has 2 heterocycles. The molecule has 0 spiro atoms. The van der Waals surface area contributed by atoms with E-state index in [9.17, 15) is 13.9 Å². The Morgan fingerprint density at radius 2 is 1.95 bits per heavy atom. The lowest BCUT2D eigenvalue weighted by Crippen LogP contribution is -2.60. The van der Waals surface area contributed by atoms with Gasteiger partial charge in [0.2, 0.25) is 0 Å². The minimum atomic E-state index is -0.940. The van der Waals surface area contributed by atoms with Gasteiger partial charge in [-0.15, -0.1) is 0 Å². The smallest absolute Gasteiger partial charge is 0.129 e. The third kappa shape index (κ3) is 2.57. The molecule has 1 aromatic carbocycles. The Bertz CT molecular complexity index is 495. The molecule has 1 aromatic rings. The van der Waals surface area contributed by atoms with Crippen molar-refractivity contribution >= 4 is 0 Å². The maximum absolute atomic E-state index is 13.8. The van der Waals surface area contributed by atoms with Crippen LogP contribution in [-0.4, -0.2) is 48.0 Å². The van der Waals surface area contributed by atoms with Crippen LogP contribution in [0.3, 0.4) is 0 Å². The van der Waals surface area contributed by atoms with Crippen LogP contribution in [0.4, 0.5) is 8.78 Å². The molecule has 0 aliphatic carbocycles. The number of piperidine rings is 1. The van der Waals surface area contributed by atoms with Gasteiger partial charge in [0.05, 0.1) is 18.8 Å². The normalized spacial score (nSPS) is 34.2. The summed E-state index contributed by atoms with van der Waals surface area (Å²) < 4.78 is 32.2. The fourth-order valence-corrected chi connectivity index (χ4v) is 3.40. The van der Waals surface area contributed by atoms with E-state index in [1.807, 2.05) is 7.05 Å². The fourth-order valence-electron chi connectivity index (χ4n) is 3.40. The number of halogens is 2. The van der Waals surface area contributed by atoms with Gasteiger partial charge in [-0.1, -0.05) is 6.07 Å². The average Bonchev–Trinajstić information content (AvgIpc) is 2.35. The molecule has 2 saturated heterocycles. The summed E-state index contributed by atoms with van der Waals surface area (Å²) in [7, 11) is 2.04. The first kappa shape index (κ1) is 13.9. The van der Waals surface area contributed by atoms with Crippen molar-refractivity contribution in [3.8, 4) is 0 Å². The van der Waals surface area contributed by atoms with Crippen LogP contribution in [0, 0.1) is 11.6 Å². The number of benzene rings is 1. The van der Waals surface area contributed by atoms with Crippen molar-refractivity contribution in [1.29, 1.82) is 0 Å². The maximum atomic E-state index is 13.8. The number of morpholine rings is 1. The first-order valence-corrected chi connectivity index (χ1v) is 6.93. The summed E-state index contributed by atoms with van der Waals surface area (Å²) in [6, 6.07) is 3.86. The second kappa shape index (κ2) is 5.06. The number of fused-ring (bicyclic) bond motifs is 2. The van der Waals surface area contributed by atoms with Gasteiger partial charge in [0.15, 0.2) is 0 Å². The summed E-state index contributed by atoms with van der Waals surface area (Å²) >= 11 is 0. The number of likely N-dealkylation sites (N-methyl/N-ethyl adjacent to an activating group) is 1. The van der Waals surface area contributed by atoms with Crippen LogP contribution in [0.5, 0.6) is 0 Å². The van der Waals surface area contributed by atoms with Gasteiger partial charge >= 0.3 is 0 Å². The quantitative estimate of drug-likeness (QED) is 0.897. The van der Waals surface area contributed by atoms with Gasteiger partial charge in [0, 0.05) is 24.6 Å². The standard InChI is InChI=1S/C15H19F2NO2/c1-18-12-6-15(19,7-13(18)9-20-8-12)5-10-2-3-11(16)4-14(10)17/h2-4,12-13,19H,5-9H2,1H3. The van der Waals surface area contributed by atoms with Crippen LogP contribution in [0.25, 0.3) is 0 Å². The van der Waals surface area contributed by atoms with Crippen molar-refractivity contribution in [3.63, 3.8) is 0 Å². The zero-order chi connectivity index (χ0) is 14.3. The van der Waals surface area contributed by atoms with Crippen LogP contribution in [0.15, 0.2) is 18.2 Å². The third-order valence-corrected chi connectivity index (χ3v) is 4.54. The Hall–Kier alpha value is -1.04. The topological polar surface area (TPSA) is 32.7 Å². The summed E-state index contributed by atoms with van der Waals surface area (Å²) in [6.07, 6.45) is 1.33. The van der Waals surface area contributed by atoms with E-state index in [0.29, 0.717) is 31.6 Å². The number of rotatable bonds is 2. The Kier molecular flexibility index (Phi) is 3.52. The highest BCUT2D eigenvalue weighted by atomic mass is 19.1.